The predicted molar refractivity (Wildman–Crippen MR) is 48.8 cm³/mol. The zero-order valence-electron chi connectivity index (χ0n) is 7.32. The SMILES string of the molecule is Nc1ccc(CCCC(=O)[O-])cc1. The van der Waals surface area contributed by atoms with Crippen molar-refractivity contribution in [1.82, 2.24) is 0 Å². The molecule has 0 unspecified atom stereocenters. The average Bonchev–Trinajstić information content (AvgIpc) is 2.08. The summed E-state index contributed by atoms with van der Waals surface area (Å²) in [5, 5.41) is 10.1. The third-order valence-electron chi connectivity index (χ3n) is 1.83. The Morgan fingerprint density at radius 3 is 2.46 bits per heavy atom. The molecule has 3 nitrogen and oxygen atoms in total. The van der Waals surface area contributed by atoms with Crippen LogP contribution in [0.5, 0.6) is 0 Å². The summed E-state index contributed by atoms with van der Waals surface area (Å²) in [6.45, 7) is 0. The van der Waals surface area contributed by atoms with Crippen molar-refractivity contribution in [2.45, 2.75) is 19.3 Å². The van der Waals surface area contributed by atoms with Crippen LogP contribution in [0.2, 0.25) is 0 Å². The molecule has 0 amide bonds. The van der Waals surface area contributed by atoms with Gasteiger partial charge in [-0.25, -0.2) is 0 Å². The normalized spacial score (nSPS) is 9.85. The van der Waals surface area contributed by atoms with E-state index in [9.17, 15) is 9.90 Å². The minimum Gasteiger partial charge on any atom is -0.550 e. The average molecular weight is 178 g/mol. The highest BCUT2D eigenvalue weighted by atomic mass is 16.4. The second-order valence-corrected chi connectivity index (χ2v) is 2.97. The van der Waals surface area contributed by atoms with Gasteiger partial charge in [-0.2, -0.15) is 0 Å². The first kappa shape index (κ1) is 9.58. The van der Waals surface area contributed by atoms with Crippen molar-refractivity contribution in [2.24, 2.45) is 0 Å². The highest BCUT2D eigenvalue weighted by Gasteiger charge is 1.93. The molecule has 0 spiro atoms. The van der Waals surface area contributed by atoms with Gasteiger partial charge in [0.25, 0.3) is 0 Å². The smallest absolute Gasteiger partial charge is 0.0414 e. The summed E-state index contributed by atoms with van der Waals surface area (Å²) in [6, 6.07) is 7.44. The van der Waals surface area contributed by atoms with Crippen molar-refractivity contribution in [3.05, 3.63) is 29.8 Å². The van der Waals surface area contributed by atoms with E-state index in [0.717, 1.165) is 17.7 Å². The van der Waals surface area contributed by atoms with E-state index in [-0.39, 0.29) is 6.42 Å². The van der Waals surface area contributed by atoms with Crippen LogP contribution in [0.4, 0.5) is 5.69 Å². The zero-order valence-corrected chi connectivity index (χ0v) is 7.32. The number of carbonyl (C=O) groups excluding carboxylic acids is 1. The summed E-state index contributed by atoms with van der Waals surface area (Å²) >= 11 is 0. The van der Waals surface area contributed by atoms with Gasteiger partial charge in [0, 0.05) is 11.7 Å². The highest BCUT2D eigenvalue weighted by Crippen LogP contribution is 2.08. The molecule has 0 radical (unpaired) electrons. The van der Waals surface area contributed by atoms with Crippen LogP contribution < -0.4 is 10.8 Å². The van der Waals surface area contributed by atoms with Gasteiger partial charge in [-0.05, 0) is 37.0 Å². The number of carboxylic acid groups (broad SMARTS) is 1. The summed E-state index contributed by atoms with van der Waals surface area (Å²) in [6.07, 6.45) is 1.49. The largest absolute Gasteiger partial charge is 0.550 e. The molecule has 0 atom stereocenters. The first-order valence-corrected chi connectivity index (χ1v) is 4.23. The van der Waals surface area contributed by atoms with Crippen LogP contribution >= 0.6 is 0 Å². The Kier molecular flexibility index (Phi) is 3.31. The lowest BCUT2D eigenvalue weighted by Gasteiger charge is -2.02. The molecular weight excluding hydrogens is 166 g/mol. The summed E-state index contributed by atoms with van der Waals surface area (Å²) in [7, 11) is 0. The third-order valence-corrected chi connectivity index (χ3v) is 1.83. The van der Waals surface area contributed by atoms with Gasteiger partial charge in [0.15, 0.2) is 0 Å². The van der Waals surface area contributed by atoms with Gasteiger partial charge < -0.3 is 15.6 Å². The number of aliphatic carboxylic acids is 1. The Balaban J connectivity index is 2.37. The Hall–Kier alpha value is -1.51. The Bertz CT molecular complexity index is 279. The molecule has 0 bridgehead atoms. The van der Waals surface area contributed by atoms with E-state index < -0.39 is 5.97 Å². The van der Waals surface area contributed by atoms with Crippen molar-refractivity contribution >= 4 is 11.7 Å². The van der Waals surface area contributed by atoms with Crippen LogP contribution in [0.3, 0.4) is 0 Å². The van der Waals surface area contributed by atoms with E-state index in [1.54, 1.807) is 0 Å². The van der Waals surface area contributed by atoms with Gasteiger partial charge in [-0.15, -0.1) is 0 Å². The van der Waals surface area contributed by atoms with E-state index in [4.69, 9.17) is 5.73 Å². The van der Waals surface area contributed by atoms with Crippen molar-refractivity contribution in [1.29, 1.82) is 0 Å². The fourth-order valence-electron chi connectivity index (χ4n) is 1.12. The first-order valence-electron chi connectivity index (χ1n) is 4.23. The molecular formula is C10H12NO2-. The van der Waals surface area contributed by atoms with E-state index >= 15 is 0 Å². The lowest BCUT2D eigenvalue weighted by atomic mass is 10.1. The quantitative estimate of drug-likeness (QED) is 0.676. The Morgan fingerprint density at radius 1 is 1.31 bits per heavy atom. The van der Waals surface area contributed by atoms with Crippen LogP contribution in [0.15, 0.2) is 24.3 Å². The number of rotatable bonds is 4. The maximum atomic E-state index is 10.1. The number of hydrogen-bond acceptors (Lipinski definition) is 3. The van der Waals surface area contributed by atoms with Crippen LogP contribution in [-0.4, -0.2) is 5.97 Å². The number of carboxylic acids is 1. The standard InChI is InChI=1S/C10H13NO2/c11-9-6-4-8(5-7-9)2-1-3-10(12)13/h4-7H,1-3,11H2,(H,12,13)/p-1. The minimum atomic E-state index is -0.990. The first-order chi connectivity index (χ1) is 6.18. The number of nitrogens with two attached hydrogens (primary N) is 1. The Labute approximate surface area is 77.2 Å². The van der Waals surface area contributed by atoms with Gasteiger partial charge in [-0.3, -0.25) is 0 Å². The summed E-state index contributed by atoms with van der Waals surface area (Å²) in [5.41, 5.74) is 7.33. The molecule has 0 saturated carbocycles. The van der Waals surface area contributed by atoms with Crippen LogP contribution in [0.25, 0.3) is 0 Å². The minimum absolute atomic E-state index is 0.115. The number of hydrogen-bond donors (Lipinski definition) is 1. The monoisotopic (exact) mass is 178 g/mol. The molecule has 2 N–H and O–H groups in total. The fraction of sp³-hybridized carbons (Fsp3) is 0.300. The molecule has 0 aromatic heterocycles. The molecule has 3 heteroatoms. The van der Waals surface area contributed by atoms with Crippen LogP contribution in [0, 0.1) is 0 Å². The van der Waals surface area contributed by atoms with Gasteiger partial charge in [0.2, 0.25) is 0 Å². The van der Waals surface area contributed by atoms with Gasteiger partial charge in [0.05, 0.1) is 0 Å². The number of anilines is 1. The molecule has 0 heterocycles. The fourth-order valence-corrected chi connectivity index (χ4v) is 1.12. The van der Waals surface area contributed by atoms with Crippen molar-refractivity contribution < 1.29 is 9.90 Å². The lowest BCUT2D eigenvalue weighted by molar-refractivity contribution is -0.305. The predicted octanol–water partition coefficient (Wildman–Crippen LogP) is 0.341. The number of aryl methyl sites for hydroxylation is 1. The molecule has 0 aliphatic rings. The Morgan fingerprint density at radius 2 is 1.92 bits per heavy atom. The summed E-state index contributed by atoms with van der Waals surface area (Å²) in [5.74, 6) is -0.990. The van der Waals surface area contributed by atoms with E-state index in [1.165, 1.54) is 0 Å². The molecule has 1 rings (SSSR count). The van der Waals surface area contributed by atoms with E-state index in [0.29, 0.717) is 6.42 Å². The molecule has 13 heavy (non-hydrogen) atoms. The number of nitrogen functional groups attached to an aromatic ring is 1. The van der Waals surface area contributed by atoms with Crippen LogP contribution in [-0.2, 0) is 11.2 Å². The van der Waals surface area contributed by atoms with Crippen LogP contribution in [0.1, 0.15) is 18.4 Å². The molecule has 0 fully saturated rings. The maximum absolute atomic E-state index is 10.1. The molecule has 0 aliphatic carbocycles. The van der Waals surface area contributed by atoms with Gasteiger partial charge in [-0.1, -0.05) is 12.1 Å². The highest BCUT2D eigenvalue weighted by molar-refractivity contribution is 5.64. The summed E-state index contributed by atoms with van der Waals surface area (Å²) < 4.78 is 0. The van der Waals surface area contributed by atoms with Crippen molar-refractivity contribution in [2.75, 3.05) is 5.73 Å². The lowest BCUT2D eigenvalue weighted by Crippen LogP contribution is -2.21. The number of carbonyl (C=O) groups is 1. The number of benzene rings is 1. The zero-order chi connectivity index (χ0) is 9.68. The molecule has 70 valence electrons. The van der Waals surface area contributed by atoms with Gasteiger partial charge in [0.1, 0.15) is 0 Å². The second-order valence-electron chi connectivity index (χ2n) is 2.97. The second kappa shape index (κ2) is 4.50. The van der Waals surface area contributed by atoms with E-state index in [2.05, 4.69) is 0 Å². The molecule has 0 aliphatic heterocycles. The van der Waals surface area contributed by atoms with Gasteiger partial charge >= 0.3 is 0 Å². The summed E-state index contributed by atoms with van der Waals surface area (Å²) in [4.78, 5) is 10.1. The van der Waals surface area contributed by atoms with Crippen molar-refractivity contribution in [3.63, 3.8) is 0 Å². The van der Waals surface area contributed by atoms with Crippen molar-refractivity contribution in [3.8, 4) is 0 Å². The van der Waals surface area contributed by atoms with E-state index in [1.807, 2.05) is 24.3 Å². The molecule has 1 aromatic rings. The third kappa shape index (κ3) is 3.60. The maximum Gasteiger partial charge on any atom is 0.0414 e. The topological polar surface area (TPSA) is 66.2 Å². The molecule has 0 saturated heterocycles. The molecule has 1 aromatic carbocycles.